The number of rotatable bonds is 6. The second-order valence-electron chi connectivity index (χ2n) is 7.34. The van der Waals surface area contributed by atoms with Gasteiger partial charge in [0.15, 0.2) is 0 Å². The Morgan fingerprint density at radius 1 is 1.25 bits per heavy atom. The molecule has 1 aliphatic heterocycles. The Bertz CT molecular complexity index is 758. The number of hydrogen-bond acceptors (Lipinski definition) is 6. The Morgan fingerprint density at radius 3 is 2.54 bits per heavy atom. The lowest BCUT2D eigenvalue weighted by Crippen LogP contribution is -2.44. The molecule has 2 heterocycles. The van der Waals surface area contributed by atoms with Crippen LogP contribution in [0.2, 0.25) is 0 Å². The summed E-state index contributed by atoms with van der Waals surface area (Å²) in [6.45, 7) is 4.22. The minimum Gasteiger partial charge on any atom is -0.378 e. The van der Waals surface area contributed by atoms with E-state index in [0.717, 1.165) is 25.7 Å². The van der Waals surface area contributed by atoms with Crippen LogP contribution in [0.15, 0.2) is 28.3 Å². The van der Waals surface area contributed by atoms with Gasteiger partial charge in [0, 0.05) is 32.4 Å². The number of carbonyl (C=O) groups excluding carboxylic acids is 1. The number of aromatic nitrogens is 1. The van der Waals surface area contributed by atoms with Crippen LogP contribution in [-0.4, -0.2) is 73.2 Å². The molecule has 28 heavy (non-hydrogen) atoms. The molecule has 1 atom stereocenters. The highest BCUT2D eigenvalue weighted by atomic mass is 32.2. The van der Waals surface area contributed by atoms with Gasteiger partial charge in [-0.15, -0.1) is 0 Å². The van der Waals surface area contributed by atoms with Crippen molar-refractivity contribution >= 4 is 27.7 Å². The monoisotopic (exact) mass is 427 g/mol. The van der Waals surface area contributed by atoms with Gasteiger partial charge < -0.3 is 9.64 Å². The van der Waals surface area contributed by atoms with Crippen LogP contribution in [0.25, 0.3) is 0 Å². The topological polar surface area (TPSA) is 79.8 Å². The minimum absolute atomic E-state index is 0.0591. The van der Waals surface area contributed by atoms with Gasteiger partial charge in [0.05, 0.1) is 23.5 Å². The molecule has 1 aromatic heterocycles. The van der Waals surface area contributed by atoms with Gasteiger partial charge in [-0.05, 0) is 31.9 Å². The molecule has 0 bridgehead atoms. The SMILES string of the molecule is C[C@@H](Sc1ccc(S(=O)(=O)N(C)C2CCCCC2)cn1)C(=O)N1CCOCC1. The molecule has 1 aromatic rings. The van der Waals surface area contributed by atoms with Gasteiger partial charge in [0.25, 0.3) is 0 Å². The number of hydrogen-bond donors (Lipinski definition) is 0. The van der Waals surface area contributed by atoms with Crippen LogP contribution in [0.4, 0.5) is 0 Å². The number of ether oxygens (including phenoxy) is 1. The minimum atomic E-state index is -3.54. The van der Waals surface area contributed by atoms with Gasteiger partial charge in [-0.3, -0.25) is 4.79 Å². The fourth-order valence-electron chi connectivity index (χ4n) is 3.67. The lowest BCUT2D eigenvalue weighted by molar-refractivity contribution is -0.134. The summed E-state index contributed by atoms with van der Waals surface area (Å²) < 4.78 is 32.6. The normalized spacial score (nSPS) is 20.3. The zero-order chi connectivity index (χ0) is 20.1. The van der Waals surface area contributed by atoms with Crippen LogP contribution < -0.4 is 0 Å². The summed E-state index contributed by atoms with van der Waals surface area (Å²) in [5.74, 6) is 0.0591. The van der Waals surface area contributed by atoms with E-state index in [-0.39, 0.29) is 22.1 Å². The van der Waals surface area contributed by atoms with Gasteiger partial charge >= 0.3 is 0 Å². The number of carbonyl (C=O) groups is 1. The lowest BCUT2D eigenvalue weighted by atomic mass is 9.96. The quantitative estimate of drug-likeness (QED) is 0.649. The van der Waals surface area contributed by atoms with Gasteiger partial charge in [0.2, 0.25) is 15.9 Å². The van der Waals surface area contributed by atoms with Crippen molar-refractivity contribution in [3.8, 4) is 0 Å². The van der Waals surface area contributed by atoms with Gasteiger partial charge in [-0.1, -0.05) is 31.0 Å². The summed E-state index contributed by atoms with van der Waals surface area (Å²) in [5, 5.41) is 0.367. The zero-order valence-corrected chi connectivity index (χ0v) is 18.2. The van der Waals surface area contributed by atoms with Crippen molar-refractivity contribution in [3.63, 3.8) is 0 Å². The van der Waals surface area contributed by atoms with E-state index < -0.39 is 10.0 Å². The fraction of sp³-hybridized carbons (Fsp3) is 0.684. The van der Waals surface area contributed by atoms with Crippen LogP contribution in [-0.2, 0) is 19.6 Å². The molecule has 0 unspecified atom stereocenters. The zero-order valence-electron chi connectivity index (χ0n) is 16.5. The average molecular weight is 428 g/mol. The summed E-state index contributed by atoms with van der Waals surface area (Å²) in [5.41, 5.74) is 0. The van der Waals surface area contributed by atoms with Crippen LogP contribution in [0.5, 0.6) is 0 Å². The highest BCUT2D eigenvalue weighted by molar-refractivity contribution is 8.00. The Morgan fingerprint density at radius 2 is 1.93 bits per heavy atom. The maximum absolute atomic E-state index is 12.9. The molecule has 2 fully saturated rings. The number of pyridine rings is 1. The predicted molar refractivity (Wildman–Crippen MR) is 109 cm³/mol. The smallest absolute Gasteiger partial charge is 0.244 e. The van der Waals surface area contributed by atoms with E-state index in [2.05, 4.69) is 4.98 Å². The molecule has 1 saturated carbocycles. The number of sulfonamides is 1. The van der Waals surface area contributed by atoms with E-state index >= 15 is 0 Å². The van der Waals surface area contributed by atoms with E-state index in [1.165, 1.54) is 28.7 Å². The largest absolute Gasteiger partial charge is 0.378 e. The fourth-order valence-corrected chi connectivity index (χ4v) is 5.90. The van der Waals surface area contributed by atoms with Gasteiger partial charge in [0.1, 0.15) is 4.90 Å². The Labute approximate surface area is 171 Å². The first-order valence-corrected chi connectivity index (χ1v) is 12.2. The van der Waals surface area contributed by atoms with Crippen molar-refractivity contribution in [1.82, 2.24) is 14.2 Å². The molecule has 0 N–H and O–H groups in total. The van der Waals surface area contributed by atoms with Gasteiger partial charge in [-0.25, -0.2) is 13.4 Å². The number of amides is 1. The van der Waals surface area contributed by atoms with Crippen molar-refractivity contribution in [2.75, 3.05) is 33.4 Å². The predicted octanol–water partition coefficient (Wildman–Crippen LogP) is 2.37. The molecule has 2 aliphatic rings. The Hall–Kier alpha value is -1.16. The standard InChI is InChI=1S/C19H29N3O4S2/c1-15(19(23)22-10-12-26-13-11-22)27-18-9-8-17(14-20-18)28(24,25)21(2)16-6-4-3-5-7-16/h8-9,14-16H,3-7,10-13H2,1-2H3/t15-/m1/s1. The Kier molecular flexibility index (Phi) is 7.36. The van der Waals surface area contributed by atoms with Crippen LogP contribution in [0.1, 0.15) is 39.0 Å². The molecule has 1 aliphatic carbocycles. The van der Waals surface area contributed by atoms with Crippen LogP contribution >= 0.6 is 11.8 Å². The summed E-state index contributed by atoms with van der Waals surface area (Å²) in [6.07, 6.45) is 6.57. The van der Waals surface area contributed by atoms with Crippen molar-refractivity contribution in [2.45, 2.75) is 60.2 Å². The second kappa shape index (κ2) is 9.56. The highest BCUT2D eigenvalue weighted by Gasteiger charge is 2.29. The number of nitrogens with zero attached hydrogens (tertiary/aromatic N) is 3. The molecule has 0 aromatic carbocycles. The maximum Gasteiger partial charge on any atom is 0.244 e. The third-order valence-electron chi connectivity index (χ3n) is 5.44. The molecule has 9 heteroatoms. The maximum atomic E-state index is 12.9. The summed E-state index contributed by atoms with van der Waals surface area (Å²) in [6, 6.07) is 3.35. The highest BCUT2D eigenvalue weighted by Crippen LogP contribution is 2.28. The molecule has 0 radical (unpaired) electrons. The first kappa shape index (κ1) is 21.5. The van der Waals surface area contributed by atoms with Crippen molar-refractivity contribution in [1.29, 1.82) is 0 Å². The van der Waals surface area contributed by atoms with Crippen molar-refractivity contribution < 1.29 is 17.9 Å². The second-order valence-corrected chi connectivity index (χ2v) is 10.7. The van der Waals surface area contributed by atoms with E-state index in [0.29, 0.717) is 31.3 Å². The number of thioether (sulfide) groups is 1. The van der Waals surface area contributed by atoms with Crippen molar-refractivity contribution in [3.05, 3.63) is 18.3 Å². The van der Waals surface area contributed by atoms with Crippen molar-refractivity contribution in [2.24, 2.45) is 0 Å². The average Bonchev–Trinajstić information content (AvgIpc) is 2.74. The molecule has 1 saturated heterocycles. The molecule has 3 rings (SSSR count). The third-order valence-corrected chi connectivity index (χ3v) is 8.37. The van der Waals surface area contributed by atoms with E-state index in [1.54, 1.807) is 24.1 Å². The third kappa shape index (κ3) is 5.06. The summed E-state index contributed by atoms with van der Waals surface area (Å²) in [4.78, 5) is 18.8. The van der Waals surface area contributed by atoms with E-state index in [9.17, 15) is 13.2 Å². The molecule has 7 nitrogen and oxygen atoms in total. The van der Waals surface area contributed by atoms with E-state index in [4.69, 9.17) is 4.74 Å². The van der Waals surface area contributed by atoms with Crippen LogP contribution in [0.3, 0.4) is 0 Å². The summed E-state index contributed by atoms with van der Waals surface area (Å²) >= 11 is 1.35. The molecular formula is C19H29N3O4S2. The van der Waals surface area contributed by atoms with Crippen LogP contribution in [0, 0.1) is 0 Å². The molecule has 1 amide bonds. The first-order chi connectivity index (χ1) is 13.4. The van der Waals surface area contributed by atoms with Gasteiger partial charge in [-0.2, -0.15) is 4.31 Å². The Balaban J connectivity index is 1.62. The molecule has 0 spiro atoms. The van der Waals surface area contributed by atoms with E-state index in [1.807, 2.05) is 6.92 Å². The number of morpholine rings is 1. The molecular weight excluding hydrogens is 398 g/mol. The lowest BCUT2D eigenvalue weighted by Gasteiger charge is -2.30. The first-order valence-electron chi connectivity index (χ1n) is 9.87. The molecule has 156 valence electrons. The summed E-state index contributed by atoms with van der Waals surface area (Å²) in [7, 11) is -1.88.